The maximum atomic E-state index is 12.5. The summed E-state index contributed by atoms with van der Waals surface area (Å²) in [4.78, 5) is 12.5. The molecule has 4 rings (SSSR count). The lowest BCUT2D eigenvalue weighted by Gasteiger charge is -2.21. The van der Waals surface area contributed by atoms with Crippen molar-refractivity contribution in [1.82, 2.24) is 0 Å². The molecule has 2 saturated carbocycles. The molecule has 0 unspecified atom stereocenters. The predicted octanol–water partition coefficient (Wildman–Crippen LogP) is 5.04. The Balaban J connectivity index is 1.41. The summed E-state index contributed by atoms with van der Waals surface area (Å²) in [5.41, 5.74) is 3.42. The zero-order valence-electron chi connectivity index (χ0n) is 14.1. The second-order valence-corrected chi connectivity index (χ2v) is 7.51. The molecule has 0 spiro atoms. The number of para-hydroxylation sites is 1. The fourth-order valence-electron chi connectivity index (χ4n) is 4.68. The summed E-state index contributed by atoms with van der Waals surface area (Å²) in [7, 11) is 0. The fourth-order valence-corrected chi connectivity index (χ4v) is 4.68. The van der Waals surface area contributed by atoms with Crippen molar-refractivity contribution in [2.75, 3.05) is 5.32 Å². The first kappa shape index (κ1) is 15.4. The molecule has 0 saturated heterocycles. The normalized spacial score (nSPS) is 24.9. The minimum absolute atomic E-state index is 0.188. The number of anilines is 1. The highest BCUT2D eigenvalue weighted by atomic mass is 16.1. The van der Waals surface area contributed by atoms with Gasteiger partial charge in [-0.2, -0.15) is 0 Å². The van der Waals surface area contributed by atoms with E-state index in [1.807, 2.05) is 24.3 Å². The van der Waals surface area contributed by atoms with Gasteiger partial charge < -0.3 is 5.32 Å². The van der Waals surface area contributed by atoms with Crippen LogP contribution >= 0.6 is 0 Å². The van der Waals surface area contributed by atoms with Crippen LogP contribution in [0.15, 0.2) is 54.6 Å². The number of benzene rings is 2. The highest BCUT2D eigenvalue weighted by Gasteiger charge is 2.40. The molecule has 0 aromatic heterocycles. The van der Waals surface area contributed by atoms with Crippen LogP contribution in [-0.2, 0) is 11.2 Å². The van der Waals surface area contributed by atoms with Crippen molar-refractivity contribution in [3.63, 3.8) is 0 Å². The number of hydrogen-bond donors (Lipinski definition) is 1. The summed E-state index contributed by atoms with van der Waals surface area (Å²) in [5, 5.41) is 3.18. The molecule has 2 aliphatic carbocycles. The molecule has 2 fully saturated rings. The van der Waals surface area contributed by atoms with Gasteiger partial charge in [0.05, 0.1) is 0 Å². The maximum absolute atomic E-state index is 12.5. The molecule has 0 radical (unpaired) electrons. The summed E-state index contributed by atoms with van der Waals surface area (Å²) < 4.78 is 0. The van der Waals surface area contributed by atoms with Gasteiger partial charge in [0.25, 0.3) is 0 Å². The third-order valence-corrected chi connectivity index (χ3v) is 5.86. The van der Waals surface area contributed by atoms with E-state index in [0.29, 0.717) is 12.3 Å². The summed E-state index contributed by atoms with van der Waals surface area (Å²) >= 11 is 0. The fraction of sp³-hybridized carbons (Fsp3) is 0.409. The number of carbonyl (C=O) groups is 1. The number of rotatable bonds is 5. The third-order valence-electron chi connectivity index (χ3n) is 5.86. The monoisotopic (exact) mass is 319 g/mol. The molecule has 2 heteroatoms. The molecule has 24 heavy (non-hydrogen) atoms. The summed E-state index contributed by atoms with van der Waals surface area (Å²) in [5.74, 6) is 2.51. The SMILES string of the molecule is O=C(C[C@H]1C[C@@H]2CC[C@@H]1C2)Nc1ccccc1Cc1ccccc1. The van der Waals surface area contributed by atoms with Crippen molar-refractivity contribution in [1.29, 1.82) is 0 Å². The van der Waals surface area contributed by atoms with Gasteiger partial charge in [-0.1, -0.05) is 55.0 Å². The standard InChI is InChI=1S/C22H25NO/c24-22(15-20-14-17-10-11-18(20)13-17)23-21-9-5-4-8-19(21)12-16-6-2-1-3-7-16/h1-9,17-18,20H,10-15H2,(H,23,24)/t17-,18-,20-/m1/s1. The van der Waals surface area contributed by atoms with E-state index in [0.717, 1.165) is 23.9 Å². The average molecular weight is 319 g/mol. The molecule has 2 aromatic carbocycles. The highest BCUT2D eigenvalue weighted by molar-refractivity contribution is 5.91. The average Bonchev–Trinajstić information content (AvgIpc) is 3.20. The van der Waals surface area contributed by atoms with E-state index in [4.69, 9.17) is 0 Å². The van der Waals surface area contributed by atoms with E-state index in [1.165, 1.54) is 36.8 Å². The first-order valence-corrected chi connectivity index (χ1v) is 9.19. The zero-order chi connectivity index (χ0) is 16.4. The van der Waals surface area contributed by atoms with Crippen LogP contribution in [-0.4, -0.2) is 5.91 Å². The van der Waals surface area contributed by atoms with Crippen LogP contribution in [0.4, 0.5) is 5.69 Å². The van der Waals surface area contributed by atoms with E-state index < -0.39 is 0 Å². The molecule has 1 N–H and O–H groups in total. The number of hydrogen-bond acceptors (Lipinski definition) is 1. The van der Waals surface area contributed by atoms with Gasteiger partial charge in [0, 0.05) is 12.1 Å². The van der Waals surface area contributed by atoms with Gasteiger partial charge in [-0.3, -0.25) is 4.79 Å². The van der Waals surface area contributed by atoms with E-state index in [2.05, 4.69) is 35.6 Å². The van der Waals surface area contributed by atoms with Crippen molar-refractivity contribution in [3.05, 3.63) is 65.7 Å². The van der Waals surface area contributed by atoms with Gasteiger partial charge >= 0.3 is 0 Å². The zero-order valence-corrected chi connectivity index (χ0v) is 14.1. The Labute approximate surface area is 144 Å². The van der Waals surface area contributed by atoms with Crippen LogP contribution in [0.2, 0.25) is 0 Å². The molecule has 2 nitrogen and oxygen atoms in total. The molecule has 124 valence electrons. The highest BCUT2D eigenvalue weighted by Crippen LogP contribution is 2.49. The van der Waals surface area contributed by atoms with Crippen LogP contribution in [0.1, 0.15) is 43.2 Å². The van der Waals surface area contributed by atoms with Crippen molar-refractivity contribution < 1.29 is 4.79 Å². The number of carbonyl (C=O) groups excluding carboxylic acids is 1. The Bertz CT molecular complexity index is 709. The van der Waals surface area contributed by atoms with E-state index in [-0.39, 0.29) is 5.91 Å². The van der Waals surface area contributed by atoms with Gasteiger partial charge in [0.15, 0.2) is 0 Å². The lowest BCUT2D eigenvalue weighted by Crippen LogP contribution is -2.20. The van der Waals surface area contributed by atoms with Crippen LogP contribution in [0.3, 0.4) is 0 Å². The van der Waals surface area contributed by atoms with Gasteiger partial charge in [-0.05, 0) is 60.6 Å². The molecule has 0 aliphatic heterocycles. The minimum atomic E-state index is 0.188. The molecule has 2 aromatic rings. The van der Waals surface area contributed by atoms with E-state index in [9.17, 15) is 4.79 Å². The van der Waals surface area contributed by atoms with Gasteiger partial charge in [-0.15, -0.1) is 0 Å². The number of fused-ring (bicyclic) bond motifs is 2. The topological polar surface area (TPSA) is 29.1 Å². The second-order valence-electron chi connectivity index (χ2n) is 7.51. The Morgan fingerprint density at radius 2 is 1.75 bits per heavy atom. The Hall–Kier alpha value is -2.09. The van der Waals surface area contributed by atoms with E-state index >= 15 is 0 Å². The maximum Gasteiger partial charge on any atom is 0.224 e. The van der Waals surface area contributed by atoms with Crippen molar-refractivity contribution >= 4 is 11.6 Å². The quantitative estimate of drug-likeness (QED) is 0.821. The van der Waals surface area contributed by atoms with Gasteiger partial charge in [0.1, 0.15) is 0 Å². The molecule has 0 heterocycles. The molecular weight excluding hydrogens is 294 g/mol. The predicted molar refractivity (Wildman–Crippen MR) is 97.9 cm³/mol. The lowest BCUT2D eigenvalue weighted by molar-refractivity contribution is -0.117. The van der Waals surface area contributed by atoms with Crippen LogP contribution in [0.25, 0.3) is 0 Å². The summed E-state index contributed by atoms with van der Waals surface area (Å²) in [6, 6.07) is 18.6. The summed E-state index contributed by atoms with van der Waals surface area (Å²) in [6.45, 7) is 0. The Kier molecular flexibility index (Phi) is 4.38. The number of nitrogens with one attached hydrogen (secondary N) is 1. The summed E-state index contributed by atoms with van der Waals surface area (Å²) in [6.07, 6.45) is 6.91. The first-order valence-electron chi connectivity index (χ1n) is 9.19. The van der Waals surface area contributed by atoms with Crippen LogP contribution < -0.4 is 5.32 Å². The Morgan fingerprint density at radius 1 is 0.958 bits per heavy atom. The largest absolute Gasteiger partial charge is 0.326 e. The van der Waals surface area contributed by atoms with Crippen LogP contribution in [0.5, 0.6) is 0 Å². The van der Waals surface area contributed by atoms with Crippen molar-refractivity contribution in [2.45, 2.75) is 38.5 Å². The second kappa shape index (κ2) is 6.80. The molecule has 2 bridgehead atoms. The smallest absolute Gasteiger partial charge is 0.224 e. The molecular formula is C22H25NO. The molecule has 2 aliphatic rings. The van der Waals surface area contributed by atoms with Gasteiger partial charge in [0.2, 0.25) is 5.91 Å². The third kappa shape index (κ3) is 3.38. The van der Waals surface area contributed by atoms with Gasteiger partial charge in [-0.25, -0.2) is 0 Å². The Morgan fingerprint density at radius 3 is 2.50 bits per heavy atom. The molecule has 1 amide bonds. The first-order chi connectivity index (χ1) is 11.8. The molecule has 3 atom stereocenters. The lowest BCUT2D eigenvalue weighted by atomic mass is 9.86. The number of amides is 1. The van der Waals surface area contributed by atoms with Crippen LogP contribution in [0, 0.1) is 17.8 Å². The van der Waals surface area contributed by atoms with Crippen molar-refractivity contribution in [3.8, 4) is 0 Å². The minimum Gasteiger partial charge on any atom is -0.326 e. The van der Waals surface area contributed by atoms with Crippen molar-refractivity contribution in [2.24, 2.45) is 17.8 Å². The van der Waals surface area contributed by atoms with E-state index in [1.54, 1.807) is 0 Å².